The number of aliphatic hydroxyl groups excluding tert-OH is 1. The highest BCUT2D eigenvalue weighted by atomic mass is 35.5. The summed E-state index contributed by atoms with van der Waals surface area (Å²) < 4.78 is 11.2. The SMILES string of the molecule is CCCOc1ccc(/C(O)=C2\C(=O)C(=O)N(c3ccc(C)c(Cl)c3)C2c2ccccc2OC)cc1. The Kier molecular flexibility index (Phi) is 7.12. The molecule has 0 spiro atoms. The Bertz CT molecular complexity index is 1300. The first-order chi connectivity index (χ1) is 16.9. The number of hydrogen-bond acceptors (Lipinski definition) is 5. The molecule has 1 heterocycles. The van der Waals surface area contributed by atoms with Gasteiger partial charge >= 0.3 is 0 Å². The largest absolute Gasteiger partial charge is 0.507 e. The van der Waals surface area contributed by atoms with E-state index >= 15 is 0 Å². The highest BCUT2D eigenvalue weighted by molar-refractivity contribution is 6.52. The van der Waals surface area contributed by atoms with Crippen LogP contribution in [0.25, 0.3) is 5.76 Å². The number of carbonyl (C=O) groups is 2. The third-order valence-electron chi connectivity index (χ3n) is 5.91. The summed E-state index contributed by atoms with van der Waals surface area (Å²) in [5.74, 6) is -0.690. The third kappa shape index (κ3) is 4.62. The topological polar surface area (TPSA) is 76.1 Å². The molecule has 4 rings (SSSR count). The summed E-state index contributed by atoms with van der Waals surface area (Å²) in [6, 6.07) is 18.1. The normalized spacial score (nSPS) is 17.0. The molecule has 1 N–H and O–H groups in total. The fraction of sp³-hybridized carbons (Fsp3) is 0.214. The van der Waals surface area contributed by atoms with Crippen LogP contribution in [0.5, 0.6) is 11.5 Å². The number of ether oxygens (including phenoxy) is 2. The number of aliphatic hydroxyl groups is 1. The molecule has 3 aromatic rings. The van der Waals surface area contributed by atoms with E-state index in [9.17, 15) is 14.7 Å². The molecule has 0 aromatic heterocycles. The fourth-order valence-corrected chi connectivity index (χ4v) is 4.28. The smallest absolute Gasteiger partial charge is 0.300 e. The summed E-state index contributed by atoms with van der Waals surface area (Å²) in [6.45, 7) is 4.44. The molecule has 1 fully saturated rings. The van der Waals surface area contributed by atoms with Crippen LogP contribution in [0.1, 0.15) is 36.1 Å². The molecule has 1 unspecified atom stereocenters. The highest BCUT2D eigenvalue weighted by Crippen LogP contribution is 2.45. The summed E-state index contributed by atoms with van der Waals surface area (Å²) >= 11 is 6.35. The van der Waals surface area contributed by atoms with Crippen LogP contribution in [0.3, 0.4) is 0 Å². The molecule has 0 aliphatic carbocycles. The van der Waals surface area contributed by atoms with E-state index in [1.807, 2.05) is 13.8 Å². The number of benzene rings is 3. The number of rotatable bonds is 7. The van der Waals surface area contributed by atoms with E-state index in [1.54, 1.807) is 66.7 Å². The summed E-state index contributed by atoms with van der Waals surface area (Å²) in [5, 5.41) is 11.8. The van der Waals surface area contributed by atoms with Crippen LogP contribution in [0.2, 0.25) is 5.02 Å². The maximum absolute atomic E-state index is 13.3. The van der Waals surface area contributed by atoms with Gasteiger partial charge in [0, 0.05) is 21.8 Å². The summed E-state index contributed by atoms with van der Waals surface area (Å²) in [5.41, 5.74) is 2.22. The van der Waals surface area contributed by atoms with Crippen molar-refractivity contribution in [1.29, 1.82) is 0 Å². The van der Waals surface area contributed by atoms with Gasteiger partial charge in [-0.3, -0.25) is 14.5 Å². The predicted octanol–water partition coefficient (Wildman–Crippen LogP) is 6.07. The minimum atomic E-state index is -0.916. The highest BCUT2D eigenvalue weighted by Gasteiger charge is 2.48. The van der Waals surface area contributed by atoms with Crippen LogP contribution in [0.15, 0.2) is 72.3 Å². The molecule has 1 saturated heterocycles. The Balaban J connectivity index is 1.90. The average molecular weight is 492 g/mol. The minimum absolute atomic E-state index is 0.0292. The molecule has 6 nitrogen and oxygen atoms in total. The number of para-hydroxylation sites is 1. The van der Waals surface area contributed by atoms with Crippen molar-refractivity contribution in [2.45, 2.75) is 26.3 Å². The fourth-order valence-electron chi connectivity index (χ4n) is 4.10. The lowest BCUT2D eigenvalue weighted by Crippen LogP contribution is -2.29. The monoisotopic (exact) mass is 491 g/mol. The number of nitrogens with zero attached hydrogens (tertiary/aromatic N) is 1. The number of anilines is 1. The van der Waals surface area contributed by atoms with E-state index in [2.05, 4.69) is 0 Å². The van der Waals surface area contributed by atoms with Crippen molar-refractivity contribution >= 4 is 34.7 Å². The minimum Gasteiger partial charge on any atom is -0.507 e. The van der Waals surface area contributed by atoms with Gasteiger partial charge in [-0.2, -0.15) is 0 Å². The maximum Gasteiger partial charge on any atom is 0.300 e. The van der Waals surface area contributed by atoms with Crippen molar-refractivity contribution in [3.8, 4) is 11.5 Å². The lowest BCUT2D eigenvalue weighted by atomic mass is 9.94. The van der Waals surface area contributed by atoms with Crippen LogP contribution in [0.4, 0.5) is 5.69 Å². The van der Waals surface area contributed by atoms with Gasteiger partial charge in [0.2, 0.25) is 0 Å². The molecule has 1 amide bonds. The molecular formula is C28H26ClNO5. The van der Waals surface area contributed by atoms with Gasteiger partial charge in [0.1, 0.15) is 17.3 Å². The number of methoxy groups -OCH3 is 1. The van der Waals surface area contributed by atoms with Crippen LogP contribution in [0, 0.1) is 6.92 Å². The van der Waals surface area contributed by atoms with Gasteiger partial charge in [-0.1, -0.05) is 42.8 Å². The average Bonchev–Trinajstić information content (AvgIpc) is 3.14. The number of hydrogen-bond donors (Lipinski definition) is 1. The lowest BCUT2D eigenvalue weighted by molar-refractivity contribution is -0.132. The molecule has 180 valence electrons. The number of aryl methyl sites for hydroxylation is 1. The second-order valence-corrected chi connectivity index (χ2v) is 8.62. The van der Waals surface area contributed by atoms with Crippen LogP contribution in [-0.4, -0.2) is 30.5 Å². The number of amides is 1. The molecule has 35 heavy (non-hydrogen) atoms. The van der Waals surface area contributed by atoms with Crippen LogP contribution < -0.4 is 14.4 Å². The third-order valence-corrected chi connectivity index (χ3v) is 6.32. The predicted molar refractivity (Wildman–Crippen MR) is 136 cm³/mol. The summed E-state index contributed by atoms with van der Waals surface area (Å²) in [4.78, 5) is 28.0. The van der Waals surface area contributed by atoms with E-state index in [0.29, 0.717) is 39.9 Å². The molecular weight excluding hydrogens is 466 g/mol. The van der Waals surface area contributed by atoms with Gasteiger partial charge in [0.25, 0.3) is 11.7 Å². The van der Waals surface area contributed by atoms with E-state index in [1.165, 1.54) is 12.0 Å². The van der Waals surface area contributed by atoms with E-state index in [-0.39, 0.29) is 11.3 Å². The van der Waals surface area contributed by atoms with Crippen molar-refractivity contribution in [2.75, 3.05) is 18.6 Å². The number of ketones is 1. The lowest BCUT2D eigenvalue weighted by Gasteiger charge is -2.27. The first-order valence-corrected chi connectivity index (χ1v) is 11.7. The van der Waals surface area contributed by atoms with Crippen molar-refractivity contribution in [3.05, 3.63) is 94.0 Å². The van der Waals surface area contributed by atoms with Crippen molar-refractivity contribution in [2.24, 2.45) is 0 Å². The molecule has 0 saturated carbocycles. The van der Waals surface area contributed by atoms with Crippen molar-refractivity contribution in [1.82, 2.24) is 0 Å². The van der Waals surface area contributed by atoms with E-state index in [0.717, 1.165) is 12.0 Å². The van der Waals surface area contributed by atoms with Crippen LogP contribution in [-0.2, 0) is 9.59 Å². The molecule has 1 atom stereocenters. The first kappa shape index (κ1) is 24.4. The molecule has 0 bridgehead atoms. The second kappa shape index (κ2) is 10.2. The number of carbonyl (C=O) groups excluding carboxylic acids is 2. The van der Waals surface area contributed by atoms with Gasteiger partial charge in [-0.15, -0.1) is 0 Å². The Morgan fingerprint density at radius 3 is 2.43 bits per heavy atom. The zero-order valence-electron chi connectivity index (χ0n) is 19.7. The van der Waals surface area contributed by atoms with Crippen molar-refractivity contribution in [3.63, 3.8) is 0 Å². The maximum atomic E-state index is 13.3. The van der Waals surface area contributed by atoms with E-state index in [4.69, 9.17) is 21.1 Å². The van der Waals surface area contributed by atoms with Gasteiger partial charge in [-0.05, 0) is 61.4 Å². The van der Waals surface area contributed by atoms with Crippen molar-refractivity contribution < 1.29 is 24.2 Å². The Labute approximate surface area is 209 Å². The molecule has 1 aliphatic heterocycles. The second-order valence-electron chi connectivity index (χ2n) is 8.22. The number of halogens is 1. The van der Waals surface area contributed by atoms with E-state index < -0.39 is 17.7 Å². The summed E-state index contributed by atoms with van der Waals surface area (Å²) in [7, 11) is 1.52. The van der Waals surface area contributed by atoms with Gasteiger partial charge < -0.3 is 14.6 Å². The Morgan fingerprint density at radius 2 is 1.77 bits per heavy atom. The molecule has 7 heteroatoms. The first-order valence-electron chi connectivity index (χ1n) is 11.3. The molecule has 3 aromatic carbocycles. The van der Waals surface area contributed by atoms with Gasteiger partial charge in [0.15, 0.2) is 0 Å². The van der Waals surface area contributed by atoms with Gasteiger partial charge in [-0.25, -0.2) is 0 Å². The zero-order chi connectivity index (χ0) is 25.1. The van der Waals surface area contributed by atoms with Gasteiger partial charge in [0.05, 0.1) is 25.3 Å². The Hall–Kier alpha value is -3.77. The zero-order valence-corrected chi connectivity index (χ0v) is 20.5. The Morgan fingerprint density at radius 1 is 1.06 bits per heavy atom. The molecule has 1 aliphatic rings. The number of Topliss-reactive ketones (excluding diaryl/α,β-unsaturated/α-hetero) is 1. The molecule has 0 radical (unpaired) electrons. The summed E-state index contributed by atoms with van der Waals surface area (Å²) in [6.07, 6.45) is 0.868. The van der Waals surface area contributed by atoms with Crippen LogP contribution >= 0.6 is 11.6 Å². The quantitative estimate of drug-likeness (QED) is 0.246. The standard InChI is InChI=1S/C28H26ClNO5/c1-4-15-35-20-13-10-18(11-14-20)26(31)24-25(21-7-5-6-8-23(21)34-3)30(28(33)27(24)32)19-12-9-17(2)22(29)16-19/h5-14,16,25,31H,4,15H2,1-3H3/b26-24+.